The molecular formula is C14H13F3N4O2. The summed E-state index contributed by atoms with van der Waals surface area (Å²) in [6.45, 7) is 0. The molecule has 0 radical (unpaired) electrons. The highest BCUT2D eigenvalue weighted by atomic mass is 19.3. The molecule has 1 saturated carbocycles. The number of halogens is 3. The highest BCUT2D eigenvalue weighted by Crippen LogP contribution is 2.44. The van der Waals surface area contributed by atoms with Crippen LogP contribution in [0.1, 0.15) is 19.3 Å². The van der Waals surface area contributed by atoms with Crippen LogP contribution in [0, 0.1) is 5.82 Å². The first-order valence-electron chi connectivity index (χ1n) is 6.90. The minimum atomic E-state index is -3.94. The third-order valence-electron chi connectivity index (χ3n) is 3.92. The summed E-state index contributed by atoms with van der Waals surface area (Å²) >= 11 is 0. The summed E-state index contributed by atoms with van der Waals surface area (Å²) in [5.41, 5.74) is -2.40. The zero-order valence-electron chi connectivity index (χ0n) is 11.8. The van der Waals surface area contributed by atoms with Gasteiger partial charge in [-0.2, -0.15) is 13.9 Å². The fourth-order valence-corrected chi connectivity index (χ4v) is 2.35. The van der Waals surface area contributed by atoms with E-state index in [4.69, 9.17) is 0 Å². The second-order valence-corrected chi connectivity index (χ2v) is 5.42. The van der Waals surface area contributed by atoms with Crippen LogP contribution in [-0.2, 0) is 4.79 Å². The predicted molar refractivity (Wildman–Crippen MR) is 73.7 cm³/mol. The Bertz CT molecular complexity index is 730. The molecule has 2 N–H and O–H groups in total. The Hall–Kier alpha value is -2.42. The largest absolute Gasteiger partial charge is 0.383 e. The normalized spacial score (nSPS) is 16.7. The Morgan fingerprint density at radius 2 is 2.13 bits per heavy atom. The molecule has 6 nitrogen and oxygen atoms in total. The summed E-state index contributed by atoms with van der Waals surface area (Å²) in [6, 6.07) is 3.44. The van der Waals surface area contributed by atoms with Crippen molar-refractivity contribution < 1.29 is 23.1 Å². The second-order valence-electron chi connectivity index (χ2n) is 5.42. The van der Waals surface area contributed by atoms with Crippen LogP contribution in [0.5, 0.6) is 0 Å². The van der Waals surface area contributed by atoms with Crippen molar-refractivity contribution in [3.63, 3.8) is 0 Å². The van der Waals surface area contributed by atoms with E-state index in [2.05, 4.69) is 10.1 Å². The van der Waals surface area contributed by atoms with E-state index in [9.17, 15) is 23.1 Å². The van der Waals surface area contributed by atoms with Gasteiger partial charge in [0.1, 0.15) is 23.9 Å². The number of nitrogens with zero attached hydrogens (tertiary/aromatic N) is 3. The minimum absolute atomic E-state index is 0.0601. The highest BCUT2D eigenvalue weighted by Gasteiger charge is 2.61. The first-order chi connectivity index (χ1) is 10.8. The molecule has 0 bridgehead atoms. The molecule has 1 aliphatic carbocycles. The van der Waals surface area contributed by atoms with E-state index in [0.29, 0.717) is 6.42 Å². The van der Waals surface area contributed by atoms with Crippen molar-refractivity contribution in [2.24, 2.45) is 0 Å². The number of alkyl halides is 2. The number of nitrogens with one attached hydrogen (secondary N) is 1. The highest BCUT2D eigenvalue weighted by molar-refractivity contribution is 5.97. The standard InChI is InChI=1S/C14H13F3N4O2/c15-10-6-9(2-3-11(10)21-8-18-7-19-21)20-12(22)14(16,17)13(23)4-1-5-13/h2-3,6-8,23H,1,4-5H2,(H,20,22). The van der Waals surface area contributed by atoms with Crippen molar-refractivity contribution in [2.45, 2.75) is 30.8 Å². The van der Waals surface area contributed by atoms with E-state index in [1.165, 1.54) is 24.8 Å². The van der Waals surface area contributed by atoms with Gasteiger partial charge in [0.25, 0.3) is 5.91 Å². The molecule has 1 heterocycles. The summed E-state index contributed by atoms with van der Waals surface area (Å²) < 4.78 is 43.1. The number of aromatic nitrogens is 3. The number of carbonyl (C=O) groups is 1. The third-order valence-corrected chi connectivity index (χ3v) is 3.92. The van der Waals surface area contributed by atoms with Gasteiger partial charge in [-0.25, -0.2) is 14.1 Å². The summed E-state index contributed by atoms with van der Waals surface area (Å²) in [5, 5.41) is 15.4. The van der Waals surface area contributed by atoms with E-state index in [-0.39, 0.29) is 24.2 Å². The molecule has 0 saturated heterocycles. The molecular weight excluding hydrogens is 313 g/mol. The van der Waals surface area contributed by atoms with Gasteiger partial charge in [0.05, 0.1) is 0 Å². The predicted octanol–water partition coefficient (Wildman–Crippen LogP) is 1.90. The van der Waals surface area contributed by atoms with Crippen LogP contribution in [0.3, 0.4) is 0 Å². The zero-order chi connectivity index (χ0) is 16.7. The van der Waals surface area contributed by atoms with Crippen LogP contribution >= 0.6 is 0 Å². The van der Waals surface area contributed by atoms with Crippen LogP contribution in [0.15, 0.2) is 30.9 Å². The third kappa shape index (κ3) is 2.56. The van der Waals surface area contributed by atoms with Crippen molar-refractivity contribution in [3.8, 4) is 5.69 Å². The molecule has 3 rings (SSSR count). The van der Waals surface area contributed by atoms with E-state index >= 15 is 0 Å². The first kappa shape index (κ1) is 15.5. The molecule has 1 fully saturated rings. The number of benzene rings is 1. The Morgan fingerprint density at radius 1 is 1.39 bits per heavy atom. The fourth-order valence-electron chi connectivity index (χ4n) is 2.35. The molecule has 1 aliphatic rings. The van der Waals surface area contributed by atoms with Crippen LogP contribution < -0.4 is 5.32 Å². The van der Waals surface area contributed by atoms with Gasteiger partial charge in [0.15, 0.2) is 5.82 Å². The van der Waals surface area contributed by atoms with Crippen LogP contribution in [0.4, 0.5) is 18.9 Å². The summed E-state index contributed by atoms with van der Waals surface area (Å²) in [5.74, 6) is -6.36. The van der Waals surface area contributed by atoms with Gasteiger partial charge in [0, 0.05) is 5.69 Å². The second kappa shape index (κ2) is 5.34. The van der Waals surface area contributed by atoms with Gasteiger partial charge in [-0.05, 0) is 37.5 Å². The van der Waals surface area contributed by atoms with Crippen LogP contribution in [0.2, 0.25) is 0 Å². The molecule has 2 aromatic rings. The number of hydrogen-bond acceptors (Lipinski definition) is 4. The summed E-state index contributed by atoms with van der Waals surface area (Å²) in [7, 11) is 0. The van der Waals surface area contributed by atoms with Crippen molar-refractivity contribution in [2.75, 3.05) is 5.32 Å². The van der Waals surface area contributed by atoms with E-state index in [1.807, 2.05) is 5.32 Å². The SMILES string of the molecule is O=C(Nc1ccc(-n2cncn2)c(F)c1)C(F)(F)C1(O)CCC1. The Kier molecular flexibility index (Phi) is 3.59. The number of hydrogen-bond donors (Lipinski definition) is 2. The number of aliphatic hydroxyl groups is 1. The number of carbonyl (C=O) groups excluding carboxylic acids is 1. The number of amides is 1. The molecule has 0 spiro atoms. The maximum absolute atomic E-state index is 14.0. The smallest absolute Gasteiger partial charge is 0.352 e. The monoisotopic (exact) mass is 326 g/mol. The van der Waals surface area contributed by atoms with Gasteiger partial charge < -0.3 is 10.4 Å². The molecule has 1 aromatic heterocycles. The van der Waals surface area contributed by atoms with Crippen LogP contribution in [0.25, 0.3) is 5.69 Å². The molecule has 122 valence electrons. The zero-order valence-corrected chi connectivity index (χ0v) is 11.8. The van der Waals surface area contributed by atoms with E-state index < -0.39 is 23.2 Å². The van der Waals surface area contributed by atoms with Crippen molar-refractivity contribution in [1.29, 1.82) is 0 Å². The molecule has 0 aliphatic heterocycles. The average Bonchev–Trinajstić information content (AvgIpc) is 2.98. The summed E-state index contributed by atoms with van der Waals surface area (Å²) in [6.07, 6.45) is 2.63. The lowest BCUT2D eigenvalue weighted by atomic mass is 9.75. The lowest BCUT2D eigenvalue weighted by molar-refractivity contribution is -0.212. The van der Waals surface area contributed by atoms with Crippen LogP contribution in [-0.4, -0.2) is 37.3 Å². The van der Waals surface area contributed by atoms with Crippen molar-refractivity contribution >= 4 is 11.6 Å². The minimum Gasteiger partial charge on any atom is -0.383 e. The number of anilines is 1. The maximum Gasteiger partial charge on any atom is 0.352 e. The molecule has 9 heteroatoms. The van der Waals surface area contributed by atoms with Crippen molar-refractivity contribution in [1.82, 2.24) is 14.8 Å². The lowest BCUT2D eigenvalue weighted by Gasteiger charge is -2.41. The Morgan fingerprint density at radius 3 is 2.65 bits per heavy atom. The van der Waals surface area contributed by atoms with Gasteiger partial charge in [-0.15, -0.1) is 0 Å². The van der Waals surface area contributed by atoms with Crippen molar-refractivity contribution in [3.05, 3.63) is 36.7 Å². The number of rotatable bonds is 4. The molecule has 1 amide bonds. The van der Waals surface area contributed by atoms with E-state index in [0.717, 1.165) is 10.7 Å². The first-order valence-corrected chi connectivity index (χ1v) is 6.90. The molecule has 0 unspecified atom stereocenters. The topological polar surface area (TPSA) is 80.0 Å². The fraction of sp³-hybridized carbons (Fsp3) is 0.357. The Balaban J connectivity index is 1.78. The molecule has 23 heavy (non-hydrogen) atoms. The Labute approximate surface area is 129 Å². The van der Waals surface area contributed by atoms with Gasteiger partial charge >= 0.3 is 5.92 Å². The van der Waals surface area contributed by atoms with Gasteiger partial charge in [-0.3, -0.25) is 4.79 Å². The van der Waals surface area contributed by atoms with E-state index in [1.54, 1.807) is 0 Å². The van der Waals surface area contributed by atoms with Gasteiger partial charge in [-0.1, -0.05) is 0 Å². The lowest BCUT2D eigenvalue weighted by Crippen LogP contribution is -2.59. The summed E-state index contributed by atoms with van der Waals surface area (Å²) in [4.78, 5) is 15.4. The molecule has 0 atom stereocenters. The average molecular weight is 326 g/mol. The molecule has 1 aromatic carbocycles. The quantitative estimate of drug-likeness (QED) is 0.899. The van der Waals surface area contributed by atoms with Gasteiger partial charge in [0.2, 0.25) is 0 Å². The maximum atomic E-state index is 14.0.